The Balaban J connectivity index is 2.69. The minimum Gasteiger partial charge on any atom is -0.294 e. The average Bonchev–Trinajstić information content (AvgIpc) is 2.17. The van der Waals surface area contributed by atoms with Crippen LogP contribution in [0, 0.1) is 0 Å². The first-order valence-electron chi connectivity index (χ1n) is 4.74. The van der Waals surface area contributed by atoms with Gasteiger partial charge in [-0.05, 0) is 31.0 Å². The number of carbonyl (C=O) groups is 1. The van der Waals surface area contributed by atoms with E-state index in [1.54, 1.807) is 0 Å². The van der Waals surface area contributed by atoms with Gasteiger partial charge < -0.3 is 0 Å². The van der Waals surface area contributed by atoms with Gasteiger partial charge in [-0.3, -0.25) is 4.79 Å². The molecular weight excluding hydrogens is 320 g/mol. The lowest BCUT2D eigenvalue weighted by atomic mass is 10.1. The van der Waals surface area contributed by atoms with E-state index in [1.807, 2.05) is 24.3 Å². The predicted octanol–water partition coefficient (Wildman–Crippen LogP) is 4.75. The fourth-order valence-corrected chi connectivity index (χ4v) is 2.53. The second kappa shape index (κ2) is 6.23. The van der Waals surface area contributed by atoms with Gasteiger partial charge in [-0.25, -0.2) is 0 Å². The van der Waals surface area contributed by atoms with Crippen molar-refractivity contribution in [2.24, 2.45) is 0 Å². The van der Waals surface area contributed by atoms with Crippen LogP contribution in [0.5, 0.6) is 0 Å². The fraction of sp³-hybridized carbons (Fsp3) is 0.250. The van der Waals surface area contributed by atoms with Crippen LogP contribution < -0.4 is 0 Å². The lowest BCUT2D eigenvalue weighted by Gasteiger charge is -2.03. The van der Waals surface area contributed by atoms with Crippen LogP contribution in [0.2, 0.25) is 0 Å². The van der Waals surface area contributed by atoms with Gasteiger partial charge in [0.25, 0.3) is 0 Å². The molecule has 1 aromatic rings. The van der Waals surface area contributed by atoms with Gasteiger partial charge in [0.05, 0.1) is 0 Å². The van der Waals surface area contributed by atoms with Crippen molar-refractivity contribution in [3.05, 3.63) is 45.4 Å². The molecular formula is C12H12Br2O. The third-order valence-corrected chi connectivity index (χ3v) is 3.19. The molecule has 0 aliphatic rings. The number of benzene rings is 1. The molecule has 0 bridgehead atoms. The van der Waals surface area contributed by atoms with Gasteiger partial charge in [0, 0.05) is 20.9 Å². The monoisotopic (exact) mass is 330 g/mol. The maximum Gasteiger partial charge on any atom is 0.164 e. The number of Topliss-reactive ketones (excluding diaryl/α,β-unsaturated/α-hetero) is 1. The van der Waals surface area contributed by atoms with Crippen LogP contribution in [0.4, 0.5) is 0 Å². The SMILES string of the molecule is C=CCCCC(=O)c1ccc(Br)cc1Br. The fourth-order valence-electron chi connectivity index (χ4n) is 1.26. The molecule has 0 heterocycles. The van der Waals surface area contributed by atoms with Crippen LogP contribution in [-0.4, -0.2) is 5.78 Å². The first kappa shape index (κ1) is 12.7. The van der Waals surface area contributed by atoms with Gasteiger partial charge in [0.15, 0.2) is 5.78 Å². The number of allylic oxidation sites excluding steroid dienone is 1. The summed E-state index contributed by atoms with van der Waals surface area (Å²) in [6.45, 7) is 3.63. The molecule has 0 N–H and O–H groups in total. The molecule has 1 aromatic carbocycles. The molecule has 0 saturated carbocycles. The van der Waals surface area contributed by atoms with Crippen molar-refractivity contribution in [3.63, 3.8) is 0 Å². The summed E-state index contributed by atoms with van der Waals surface area (Å²) in [4.78, 5) is 11.8. The summed E-state index contributed by atoms with van der Waals surface area (Å²) in [7, 11) is 0. The Morgan fingerprint density at radius 2 is 2.13 bits per heavy atom. The first-order chi connectivity index (χ1) is 7.15. The van der Waals surface area contributed by atoms with Crippen LogP contribution >= 0.6 is 31.9 Å². The second-order valence-electron chi connectivity index (χ2n) is 3.23. The first-order valence-corrected chi connectivity index (χ1v) is 6.33. The molecule has 3 heteroatoms. The van der Waals surface area contributed by atoms with Gasteiger partial charge in [0.1, 0.15) is 0 Å². The van der Waals surface area contributed by atoms with E-state index >= 15 is 0 Å². The summed E-state index contributed by atoms with van der Waals surface area (Å²) < 4.78 is 1.82. The van der Waals surface area contributed by atoms with E-state index in [-0.39, 0.29) is 5.78 Å². The highest BCUT2D eigenvalue weighted by molar-refractivity contribution is 9.11. The Bertz CT molecular complexity index is 372. The summed E-state index contributed by atoms with van der Waals surface area (Å²) in [5.41, 5.74) is 0.752. The Morgan fingerprint density at radius 1 is 1.40 bits per heavy atom. The Morgan fingerprint density at radius 3 is 2.73 bits per heavy atom. The third-order valence-electron chi connectivity index (χ3n) is 2.04. The van der Waals surface area contributed by atoms with Crippen molar-refractivity contribution in [3.8, 4) is 0 Å². The zero-order chi connectivity index (χ0) is 11.3. The highest BCUT2D eigenvalue weighted by Crippen LogP contribution is 2.23. The van der Waals surface area contributed by atoms with E-state index in [4.69, 9.17) is 0 Å². The maximum absolute atomic E-state index is 11.8. The van der Waals surface area contributed by atoms with E-state index < -0.39 is 0 Å². The lowest BCUT2D eigenvalue weighted by Crippen LogP contribution is -1.99. The molecule has 1 nitrogen and oxygen atoms in total. The largest absolute Gasteiger partial charge is 0.294 e. The Labute approximate surface area is 107 Å². The highest BCUT2D eigenvalue weighted by Gasteiger charge is 2.09. The summed E-state index contributed by atoms with van der Waals surface area (Å²) in [5.74, 6) is 0.177. The van der Waals surface area contributed by atoms with Crippen LogP contribution in [0.25, 0.3) is 0 Å². The summed E-state index contributed by atoms with van der Waals surface area (Å²) >= 11 is 6.74. The minimum absolute atomic E-state index is 0.177. The van der Waals surface area contributed by atoms with Crippen molar-refractivity contribution < 1.29 is 4.79 Å². The molecule has 1 rings (SSSR count). The van der Waals surface area contributed by atoms with Gasteiger partial charge >= 0.3 is 0 Å². The van der Waals surface area contributed by atoms with Crippen LogP contribution in [0.15, 0.2) is 39.8 Å². The molecule has 0 amide bonds. The van der Waals surface area contributed by atoms with Crippen LogP contribution in [0.3, 0.4) is 0 Å². The van der Waals surface area contributed by atoms with Crippen LogP contribution in [0.1, 0.15) is 29.6 Å². The number of carbonyl (C=O) groups excluding carboxylic acids is 1. The molecule has 0 fully saturated rings. The number of unbranched alkanes of at least 4 members (excludes halogenated alkanes) is 1. The molecule has 0 saturated heterocycles. The topological polar surface area (TPSA) is 17.1 Å². The average molecular weight is 332 g/mol. The van der Waals surface area contributed by atoms with Gasteiger partial charge in [0.2, 0.25) is 0 Å². The molecule has 0 unspecified atom stereocenters. The van der Waals surface area contributed by atoms with Crippen LogP contribution in [-0.2, 0) is 0 Å². The van der Waals surface area contributed by atoms with Crippen molar-refractivity contribution in [1.82, 2.24) is 0 Å². The zero-order valence-electron chi connectivity index (χ0n) is 8.30. The number of rotatable bonds is 5. The number of hydrogen-bond acceptors (Lipinski definition) is 1. The standard InChI is InChI=1S/C12H12Br2O/c1-2-3-4-5-12(15)10-7-6-9(13)8-11(10)14/h2,6-8H,1,3-5H2. The minimum atomic E-state index is 0.177. The van der Waals surface area contributed by atoms with Crippen molar-refractivity contribution in [2.45, 2.75) is 19.3 Å². The summed E-state index contributed by atoms with van der Waals surface area (Å²) in [6.07, 6.45) is 4.17. The molecule has 0 spiro atoms. The quantitative estimate of drug-likeness (QED) is 0.432. The molecule has 0 atom stereocenters. The summed E-state index contributed by atoms with van der Waals surface area (Å²) in [5, 5.41) is 0. The Kier molecular flexibility index (Phi) is 5.26. The summed E-state index contributed by atoms with van der Waals surface area (Å²) in [6, 6.07) is 5.61. The third kappa shape index (κ3) is 3.92. The zero-order valence-corrected chi connectivity index (χ0v) is 11.5. The number of ketones is 1. The Hall–Kier alpha value is -0.410. The second-order valence-corrected chi connectivity index (χ2v) is 5.00. The van der Waals surface area contributed by atoms with Gasteiger partial charge in [-0.15, -0.1) is 6.58 Å². The number of hydrogen-bond donors (Lipinski definition) is 0. The van der Waals surface area contributed by atoms with Crippen molar-refractivity contribution >= 4 is 37.6 Å². The molecule has 0 aliphatic carbocycles. The lowest BCUT2D eigenvalue weighted by molar-refractivity contribution is 0.0979. The van der Waals surface area contributed by atoms with E-state index in [2.05, 4.69) is 38.4 Å². The smallest absolute Gasteiger partial charge is 0.164 e. The molecule has 80 valence electrons. The predicted molar refractivity (Wildman–Crippen MR) is 70.2 cm³/mol. The van der Waals surface area contributed by atoms with E-state index in [9.17, 15) is 4.79 Å². The van der Waals surface area contributed by atoms with Gasteiger partial charge in [-0.1, -0.05) is 37.9 Å². The normalized spacial score (nSPS) is 10.0. The van der Waals surface area contributed by atoms with Gasteiger partial charge in [-0.2, -0.15) is 0 Å². The van der Waals surface area contributed by atoms with E-state index in [0.717, 1.165) is 27.4 Å². The number of halogens is 2. The molecule has 15 heavy (non-hydrogen) atoms. The molecule has 0 aliphatic heterocycles. The van der Waals surface area contributed by atoms with E-state index in [1.165, 1.54) is 0 Å². The molecule has 0 aromatic heterocycles. The van der Waals surface area contributed by atoms with Crippen molar-refractivity contribution in [1.29, 1.82) is 0 Å². The van der Waals surface area contributed by atoms with Crippen molar-refractivity contribution in [2.75, 3.05) is 0 Å². The highest BCUT2D eigenvalue weighted by atomic mass is 79.9. The maximum atomic E-state index is 11.8. The van der Waals surface area contributed by atoms with E-state index in [0.29, 0.717) is 6.42 Å². The molecule has 0 radical (unpaired) electrons.